The first-order valence-corrected chi connectivity index (χ1v) is 4.05. The minimum atomic E-state index is -0.398. The van der Waals surface area contributed by atoms with E-state index in [1.807, 2.05) is 0 Å². The van der Waals surface area contributed by atoms with Crippen molar-refractivity contribution in [3.63, 3.8) is 0 Å². The normalized spacial score (nSPS) is 9.69. The summed E-state index contributed by atoms with van der Waals surface area (Å²) in [6.07, 6.45) is 1.54. The van der Waals surface area contributed by atoms with E-state index in [1.165, 1.54) is 6.20 Å². The Morgan fingerprint density at radius 3 is 3.00 bits per heavy atom. The standard InChI is InChI=1S/C9H12N2O2/c1-3-13-9(12)7-4-5-11-6(2)8(7)10/h4-5H,3,10H2,1-2H3. The van der Waals surface area contributed by atoms with Crippen LogP contribution in [0.3, 0.4) is 0 Å². The summed E-state index contributed by atoms with van der Waals surface area (Å²) in [4.78, 5) is 15.2. The Morgan fingerprint density at radius 2 is 2.38 bits per heavy atom. The minimum Gasteiger partial charge on any atom is -0.462 e. The molecule has 1 aromatic rings. The van der Waals surface area contributed by atoms with Crippen molar-refractivity contribution in [3.05, 3.63) is 23.5 Å². The van der Waals surface area contributed by atoms with E-state index in [-0.39, 0.29) is 0 Å². The van der Waals surface area contributed by atoms with Crippen LogP contribution in [0.5, 0.6) is 0 Å². The molecular weight excluding hydrogens is 168 g/mol. The van der Waals surface area contributed by atoms with Gasteiger partial charge >= 0.3 is 5.97 Å². The first kappa shape index (κ1) is 9.51. The van der Waals surface area contributed by atoms with Crippen LogP contribution in [0.15, 0.2) is 12.3 Å². The number of carbonyl (C=O) groups is 1. The summed E-state index contributed by atoms with van der Waals surface area (Å²) >= 11 is 0. The van der Waals surface area contributed by atoms with Gasteiger partial charge in [-0.05, 0) is 19.9 Å². The highest BCUT2D eigenvalue weighted by Crippen LogP contribution is 2.14. The molecule has 1 aromatic heterocycles. The maximum atomic E-state index is 11.3. The molecule has 70 valence electrons. The average Bonchev–Trinajstić information content (AvgIpc) is 2.10. The van der Waals surface area contributed by atoms with Gasteiger partial charge in [-0.1, -0.05) is 0 Å². The fourth-order valence-electron chi connectivity index (χ4n) is 0.965. The van der Waals surface area contributed by atoms with Gasteiger partial charge in [0.25, 0.3) is 0 Å². The number of nitrogens with two attached hydrogens (primary N) is 1. The Kier molecular flexibility index (Phi) is 2.84. The van der Waals surface area contributed by atoms with Crippen molar-refractivity contribution in [2.45, 2.75) is 13.8 Å². The summed E-state index contributed by atoms with van der Waals surface area (Å²) < 4.78 is 4.82. The lowest BCUT2D eigenvalue weighted by Gasteiger charge is -2.05. The van der Waals surface area contributed by atoms with Crippen LogP contribution in [0.4, 0.5) is 5.69 Å². The van der Waals surface area contributed by atoms with Crippen molar-refractivity contribution in [1.82, 2.24) is 4.98 Å². The number of ether oxygens (including phenoxy) is 1. The van der Waals surface area contributed by atoms with Crippen LogP contribution < -0.4 is 5.73 Å². The topological polar surface area (TPSA) is 65.2 Å². The molecule has 0 aliphatic heterocycles. The number of pyridine rings is 1. The molecule has 0 saturated heterocycles. The number of nitrogens with zero attached hydrogens (tertiary/aromatic N) is 1. The number of hydrogen-bond donors (Lipinski definition) is 1. The van der Waals surface area contributed by atoms with Crippen LogP contribution in [0.25, 0.3) is 0 Å². The monoisotopic (exact) mass is 180 g/mol. The summed E-state index contributed by atoms with van der Waals surface area (Å²) in [5.74, 6) is -0.398. The number of hydrogen-bond acceptors (Lipinski definition) is 4. The first-order valence-electron chi connectivity index (χ1n) is 4.05. The van der Waals surface area contributed by atoms with E-state index in [0.717, 1.165) is 0 Å². The largest absolute Gasteiger partial charge is 0.462 e. The zero-order valence-corrected chi connectivity index (χ0v) is 7.70. The van der Waals surface area contributed by atoms with Crippen molar-refractivity contribution in [1.29, 1.82) is 0 Å². The van der Waals surface area contributed by atoms with Crippen LogP contribution in [0.1, 0.15) is 23.0 Å². The number of nitrogen functional groups attached to an aromatic ring is 1. The van der Waals surface area contributed by atoms with E-state index < -0.39 is 5.97 Å². The molecule has 0 saturated carbocycles. The summed E-state index contributed by atoms with van der Waals surface area (Å²) in [6.45, 7) is 3.85. The zero-order valence-electron chi connectivity index (χ0n) is 7.70. The molecule has 4 nitrogen and oxygen atoms in total. The predicted molar refractivity (Wildman–Crippen MR) is 49.3 cm³/mol. The van der Waals surface area contributed by atoms with Crippen molar-refractivity contribution < 1.29 is 9.53 Å². The van der Waals surface area contributed by atoms with Crippen LogP contribution in [0, 0.1) is 6.92 Å². The van der Waals surface area contributed by atoms with Gasteiger partial charge in [-0.15, -0.1) is 0 Å². The van der Waals surface area contributed by atoms with E-state index in [1.54, 1.807) is 19.9 Å². The highest BCUT2D eigenvalue weighted by atomic mass is 16.5. The molecule has 0 unspecified atom stereocenters. The van der Waals surface area contributed by atoms with Gasteiger partial charge in [0.15, 0.2) is 0 Å². The first-order chi connectivity index (χ1) is 6.16. The van der Waals surface area contributed by atoms with Gasteiger partial charge in [0.2, 0.25) is 0 Å². The van der Waals surface area contributed by atoms with Crippen LogP contribution in [-0.2, 0) is 4.74 Å². The van der Waals surface area contributed by atoms with Crippen molar-refractivity contribution in [2.24, 2.45) is 0 Å². The SMILES string of the molecule is CCOC(=O)c1ccnc(C)c1N. The average molecular weight is 180 g/mol. The van der Waals surface area contributed by atoms with Crippen LogP contribution in [0.2, 0.25) is 0 Å². The third kappa shape index (κ3) is 1.96. The molecule has 0 aromatic carbocycles. The number of rotatable bonds is 2. The molecule has 13 heavy (non-hydrogen) atoms. The molecule has 1 rings (SSSR count). The third-order valence-electron chi connectivity index (χ3n) is 1.68. The number of anilines is 1. The number of esters is 1. The molecule has 0 bridgehead atoms. The highest BCUT2D eigenvalue weighted by Gasteiger charge is 2.11. The van der Waals surface area contributed by atoms with Gasteiger partial charge in [0.05, 0.1) is 23.6 Å². The molecule has 4 heteroatoms. The molecule has 0 amide bonds. The lowest BCUT2D eigenvalue weighted by molar-refractivity contribution is 0.0527. The fourth-order valence-corrected chi connectivity index (χ4v) is 0.965. The molecule has 0 aliphatic carbocycles. The van der Waals surface area contributed by atoms with E-state index >= 15 is 0 Å². The maximum Gasteiger partial charge on any atom is 0.340 e. The number of carbonyl (C=O) groups excluding carboxylic acids is 1. The summed E-state index contributed by atoms with van der Waals surface area (Å²) in [6, 6.07) is 1.56. The summed E-state index contributed by atoms with van der Waals surface area (Å²) in [5, 5.41) is 0. The molecule has 0 atom stereocenters. The van der Waals surface area contributed by atoms with Gasteiger partial charge < -0.3 is 10.5 Å². The van der Waals surface area contributed by atoms with E-state index in [4.69, 9.17) is 10.5 Å². The molecule has 1 heterocycles. The van der Waals surface area contributed by atoms with Gasteiger partial charge in [0.1, 0.15) is 0 Å². The molecule has 2 N–H and O–H groups in total. The second-order valence-corrected chi connectivity index (χ2v) is 2.58. The number of aryl methyl sites for hydroxylation is 1. The maximum absolute atomic E-state index is 11.3. The van der Waals surface area contributed by atoms with Crippen molar-refractivity contribution >= 4 is 11.7 Å². The van der Waals surface area contributed by atoms with Gasteiger partial charge in [-0.3, -0.25) is 4.98 Å². The van der Waals surface area contributed by atoms with Gasteiger partial charge in [0, 0.05) is 6.20 Å². The smallest absolute Gasteiger partial charge is 0.340 e. The van der Waals surface area contributed by atoms with Crippen LogP contribution >= 0.6 is 0 Å². The minimum absolute atomic E-state index is 0.347. The molecule has 0 spiro atoms. The van der Waals surface area contributed by atoms with Crippen LogP contribution in [-0.4, -0.2) is 17.6 Å². The van der Waals surface area contributed by atoms with Crippen molar-refractivity contribution in [3.8, 4) is 0 Å². The Labute approximate surface area is 76.7 Å². The molecule has 0 aliphatic rings. The number of aromatic nitrogens is 1. The Hall–Kier alpha value is -1.58. The lowest BCUT2D eigenvalue weighted by atomic mass is 10.2. The second-order valence-electron chi connectivity index (χ2n) is 2.58. The van der Waals surface area contributed by atoms with E-state index in [2.05, 4.69) is 4.98 Å². The van der Waals surface area contributed by atoms with E-state index in [9.17, 15) is 4.79 Å². The van der Waals surface area contributed by atoms with E-state index in [0.29, 0.717) is 23.6 Å². The quantitative estimate of drug-likeness (QED) is 0.693. The highest BCUT2D eigenvalue weighted by molar-refractivity contribution is 5.95. The Bertz CT molecular complexity index is 323. The Morgan fingerprint density at radius 1 is 1.69 bits per heavy atom. The summed E-state index contributed by atoms with van der Waals surface area (Å²) in [5.41, 5.74) is 7.07. The van der Waals surface area contributed by atoms with Gasteiger partial charge in [-0.25, -0.2) is 4.79 Å². The zero-order chi connectivity index (χ0) is 9.84. The summed E-state index contributed by atoms with van der Waals surface area (Å²) in [7, 11) is 0. The second kappa shape index (κ2) is 3.89. The van der Waals surface area contributed by atoms with Gasteiger partial charge in [-0.2, -0.15) is 0 Å². The molecule has 0 radical (unpaired) electrons. The Balaban J connectivity index is 3.01. The third-order valence-corrected chi connectivity index (χ3v) is 1.68. The molecular formula is C9H12N2O2. The van der Waals surface area contributed by atoms with Crippen molar-refractivity contribution in [2.75, 3.05) is 12.3 Å². The predicted octanol–water partition coefficient (Wildman–Crippen LogP) is 1.15. The lowest BCUT2D eigenvalue weighted by Crippen LogP contribution is -2.09. The fraction of sp³-hybridized carbons (Fsp3) is 0.333. The molecule has 0 fully saturated rings.